The first-order valence-electron chi connectivity index (χ1n) is 7.21. The van der Waals surface area contributed by atoms with E-state index in [0.29, 0.717) is 0 Å². The quantitative estimate of drug-likeness (QED) is 0.627. The van der Waals surface area contributed by atoms with E-state index in [4.69, 9.17) is 0 Å². The van der Waals surface area contributed by atoms with Gasteiger partial charge in [0.1, 0.15) is 0 Å². The minimum Gasteiger partial charge on any atom is -0.305 e. The number of hydrogen-bond donors (Lipinski definition) is 1. The molecule has 1 saturated heterocycles. The first-order chi connectivity index (χ1) is 7.83. The zero-order chi connectivity index (χ0) is 11.6. The number of thioether (sulfide) groups is 1. The van der Waals surface area contributed by atoms with Gasteiger partial charge in [0.05, 0.1) is 5.37 Å². The number of rotatable bonds is 8. The van der Waals surface area contributed by atoms with Crippen LogP contribution in [0.15, 0.2) is 0 Å². The predicted molar refractivity (Wildman–Crippen MR) is 76.1 cm³/mol. The number of unbranched alkanes of at least 4 members (excludes halogenated alkanes) is 6. The van der Waals surface area contributed by atoms with E-state index < -0.39 is 0 Å². The van der Waals surface area contributed by atoms with Gasteiger partial charge in [0.25, 0.3) is 0 Å². The van der Waals surface area contributed by atoms with Crippen LogP contribution in [0.4, 0.5) is 0 Å². The first-order valence-corrected chi connectivity index (χ1v) is 8.16. The molecule has 1 fully saturated rings. The van der Waals surface area contributed by atoms with Crippen molar-refractivity contribution in [3.05, 3.63) is 0 Å². The molecule has 2 atom stereocenters. The smallest absolute Gasteiger partial charge is 0.0534 e. The Balaban J connectivity index is 1.86. The second-order valence-electron chi connectivity index (χ2n) is 5.09. The van der Waals surface area contributed by atoms with Crippen molar-refractivity contribution in [2.75, 3.05) is 6.54 Å². The lowest BCUT2D eigenvalue weighted by molar-refractivity contribution is 0.518. The zero-order valence-corrected chi connectivity index (χ0v) is 12.0. The molecule has 0 spiro atoms. The molecule has 0 aromatic rings. The molecule has 1 N–H and O–H groups in total. The number of nitrogens with one attached hydrogen (secondary N) is 1. The third-order valence-electron chi connectivity index (χ3n) is 3.39. The van der Waals surface area contributed by atoms with Crippen molar-refractivity contribution in [3.8, 4) is 0 Å². The summed E-state index contributed by atoms with van der Waals surface area (Å²) in [4.78, 5) is 0. The van der Waals surface area contributed by atoms with Crippen molar-refractivity contribution in [3.63, 3.8) is 0 Å². The minimum absolute atomic E-state index is 0.749. The molecule has 0 bridgehead atoms. The van der Waals surface area contributed by atoms with Crippen LogP contribution < -0.4 is 5.32 Å². The minimum atomic E-state index is 0.749. The Morgan fingerprint density at radius 2 is 1.75 bits per heavy atom. The van der Waals surface area contributed by atoms with E-state index >= 15 is 0 Å². The molecule has 0 saturated carbocycles. The summed E-state index contributed by atoms with van der Waals surface area (Å²) in [7, 11) is 0. The maximum Gasteiger partial charge on any atom is 0.0534 e. The Hall–Kier alpha value is 0.310. The van der Waals surface area contributed by atoms with E-state index in [0.717, 1.165) is 10.6 Å². The summed E-state index contributed by atoms with van der Waals surface area (Å²) in [6.07, 6.45) is 12.7. The SMILES string of the molecule is CCCCCCCCCC1NCCC(C)S1. The van der Waals surface area contributed by atoms with Crippen LogP contribution in [0.25, 0.3) is 0 Å². The fourth-order valence-electron chi connectivity index (χ4n) is 2.30. The highest BCUT2D eigenvalue weighted by Gasteiger charge is 2.17. The summed E-state index contributed by atoms with van der Waals surface area (Å²) in [6.45, 7) is 5.88. The second-order valence-corrected chi connectivity index (χ2v) is 6.73. The van der Waals surface area contributed by atoms with Gasteiger partial charge in [-0.1, -0.05) is 58.8 Å². The standard InChI is InChI=1S/C14H29NS/c1-3-4-5-6-7-8-9-10-14-15-12-11-13(2)16-14/h13-15H,3-12H2,1-2H3. The molecule has 1 aliphatic heterocycles. The van der Waals surface area contributed by atoms with Gasteiger partial charge in [-0.15, -0.1) is 11.8 Å². The van der Waals surface area contributed by atoms with Gasteiger partial charge in [0.2, 0.25) is 0 Å². The maximum atomic E-state index is 3.62. The van der Waals surface area contributed by atoms with Crippen molar-refractivity contribution in [2.24, 2.45) is 0 Å². The Labute approximate surface area is 106 Å². The van der Waals surface area contributed by atoms with Gasteiger partial charge in [-0.25, -0.2) is 0 Å². The van der Waals surface area contributed by atoms with Gasteiger partial charge in [0.15, 0.2) is 0 Å². The van der Waals surface area contributed by atoms with Crippen LogP contribution in [0, 0.1) is 0 Å². The molecule has 0 aromatic carbocycles. The molecule has 2 heteroatoms. The molecule has 16 heavy (non-hydrogen) atoms. The van der Waals surface area contributed by atoms with E-state index in [9.17, 15) is 0 Å². The molecule has 0 amide bonds. The van der Waals surface area contributed by atoms with E-state index in [1.165, 1.54) is 64.3 Å². The fourth-order valence-corrected chi connectivity index (χ4v) is 3.63. The van der Waals surface area contributed by atoms with Crippen molar-refractivity contribution in [1.82, 2.24) is 5.32 Å². The van der Waals surface area contributed by atoms with E-state index in [2.05, 4.69) is 30.9 Å². The Bertz CT molecular complexity index is 161. The molecular weight excluding hydrogens is 214 g/mol. The average molecular weight is 243 g/mol. The average Bonchev–Trinajstić information content (AvgIpc) is 2.28. The van der Waals surface area contributed by atoms with E-state index in [1.807, 2.05) is 0 Å². The topological polar surface area (TPSA) is 12.0 Å². The molecule has 1 heterocycles. The fraction of sp³-hybridized carbons (Fsp3) is 1.00. The van der Waals surface area contributed by atoms with Crippen LogP contribution in [0.3, 0.4) is 0 Å². The van der Waals surface area contributed by atoms with Gasteiger partial charge in [-0.05, 0) is 19.4 Å². The number of hydrogen-bond acceptors (Lipinski definition) is 2. The second kappa shape index (κ2) is 9.35. The third-order valence-corrected chi connectivity index (χ3v) is 4.82. The molecule has 0 aromatic heterocycles. The molecule has 1 nitrogen and oxygen atoms in total. The van der Waals surface area contributed by atoms with Gasteiger partial charge < -0.3 is 5.32 Å². The highest BCUT2D eigenvalue weighted by atomic mass is 32.2. The lowest BCUT2D eigenvalue weighted by Crippen LogP contribution is -2.34. The van der Waals surface area contributed by atoms with Crippen molar-refractivity contribution < 1.29 is 0 Å². The van der Waals surface area contributed by atoms with Gasteiger partial charge in [0, 0.05) is 5.25 Å². The van der Waals surface area contributed by atoms with Crippen LogP contribution in [-0.4, -0.2) is 17.2 Å². The molecule has 1 aliphatic rings. The maximum absolute atomic E-state index is 3.62. The van der Waals surface area contributed by atoms with Gasteiger partial charge >= 0.3 is 0 Å². The van der Waals surface area contributed by atoms with Gasteiger partial charge in [-0.3, -0.25) is 0 Å². The largest absolute Gasteiger partial charge is 0.305 e. The van der Waals surface area contributed by atoms with Crippen LogP contribution >= 0.6 is 11.8 Å². The Kier molecular flexibility index (Phi) is 8.40. The monoisotopic (exact) mass is 243 g/mol. The predicted octanol–water partition coefficient (Wildman–Crippen LogP) is 4.57. The van der Waals surface area contributed by atoms with Crippen LogP contribution in [0.5, 0.6) is 0 Å². The lowest BCUT2D eigenvalue weighted by atomic mass is 10.1. The highest BCUT2D eigenvalue weighted by Crippen LogP contribution is 2.26. The van der Waals surface area contributed by atoms with E-state index in [-0.39, 0.29) is 0 Å². The van der Waals surface area contributed by atoms with Crippen LogP contribution in [-0.2, 0) is 0 Å². The molecule has 1 rings (SSSR count). The Morgan fingerprint density at radius 3 is 2.44 bits per heavy atom. The molecule has 96 valence electrons. The van der Waals surface area contributed by atoms with Gasteiger partial charge in [-0.2, -0.15) is 0 Å². The molecule has 0 aliphatic carbocycles. The third kappa shape index (κ3) is 6.80. The molecular formula is C14H29NS. The van der Waals surface area contributed by atoms with Crippen LogP contribution in [0.2, 0.25) is 0 Å². The normalized spacial score (nSPS) is 25.9. The highest BCUT2D eigenvalue weighted by molar-refractivity contribution is 8.00. The summed E-state index contributed by atoms with van der Waals surface area (Å²) in [5.41, 5.74) is 0. The zero-order valence-electron chi connectivity index (χ0n) is 11.1. The van der Waals surface area contributed by atoms with Crippen molar-refractivity contribution in [2.45, 2.75) is 82.3 Å². The van der Waals surface area contributed by atoms with Crippen LogP contribution in [0.1, 0.15) is 71.6 Å². The summed E-state index contributed by atoms with van der Waals surface area (Å²) in [5, 5.41) is 5.24. The van der Waals surface area contributed by atoms with E-state index in [1.54, 1.807) is 0 Å². The van der Waals surface area contributed by atoms with Crippen molar-refractivity contribution in [1.29, 1.82) is 0 Å². The van der Waals surface area contributed by atoms with Crippen molar-refractivity contribution >= 4 is 11.8 Å². The Morgan fingerprint density at radius 1 is 1.06 bits per heavy atom. The molecule has 0 radical (unpaired) electrons. The summed E-state index contributed by atoms with van der Waals surface area (Å²) < 4.78 is 0. The molecule has 2 unspecified atom stereocenters. The summed E-state index contributed by atoms with van der Waals surface area (Å²) in [5.74, 6) is 0. The lowest BCUT2D eigenvalue weighted by Gasteiger charge is -2.27. The first kappa shape index (κ1) is 14.4. The summed E-state index contributed by atoms with van der Waals surface area (Å²) in [6, 6.07) is 0. The summed E-state index contributed by atoms with van der Waals surface area (Å²) >= 11 is 2.15.